The van der Waals surface area contributed by atoms with Crippen molar-refractivity contribution in [3.8, 4) is 0 Å². The fourth-order valence-corrected chi connectivity index (χ4v) is 1.74. The summed E-state index contributed by atoms with van der Waals surface area (Å²) in [6.07, 6.45) is 3.79. The van der Waals surface area contributed by atoms with Gasteiger partial charge in [-0.3, -0.25) is 5.32 Å². The Kier molecular flexibility index (Phi) is 7.09. The summed E-state index contributed by atoms with van der Waals surface area (Å²) >= 11 is 0. The number of hydrogen-bond acceptors (Lipinski definition) is 3. The number of carbonyl (C=O) groups excluding carboxylic acids is 1. The van der Waals surface area contributed by atoms with Crippen molar-refractivity contribution in [2.75, 3.05) is 18.4 Å². The smallest absolute Gasteiger partial charge is 0.412 e. The number of benzene rings is 1. The minimum absolute atomic E-state index is 0.427. The third-order valence-electron chi connectivity index (χ3n) is 2.63. The molecule has 0 bridgehead atoms. The maximum Gasteiger partial charge on any atom is 0.412 e. The van der Waals surface area contributed by atoms with Crippen LogP contribution in [0.15, 0.2) is 30.3 Å². The van der Waals surface area contributed by atoms with E-state index in [9.17, 15) is 4.79 Å². The first kappa shape index (κ1) is 16.5. The molecule has 112 valence electrons. The lowest BCUT2D eigenvalue weighted by Gasteiger charge is -2.19. The molecule has 0 radical (unpaired) electrons. The zero-order chi connectivity index (χ0) is 14.8. The van der Waals surface area contributed by atoms with E-state index < -0.39 is 11.7 Å². The Hall–Kier alpha value is -1.55. The van der Waals surface area contributed by atoms with Crippen molar-refractivity contribution in [1.29, 1.82) is 0 Å². The average Bonchev–Trinajstić information content (AvgIpc) is 2.40. The molecule has 1 aliphatic heterocycles. The van der Waals surface area contributed by atoms with E-state index in [-0.39, 0.29) is 0 Å². The molecule has 1 aromatic rings. The van der Waals surface area contributed by atoms with Crippen LogP contribution in [0.1, 0.15) is 40.0 Å². The molecule has 4 nitrogen and oxygen atoms in total. The summed E-state index contributed by atoms with van der Waals surface area (Å²) in [5, 5.41) is 5.92. The van der Waals surface area contributed by atoms with Crippen LogP contribution in [-0.4, -0.2) is 24.8 Å². The van der Waals surface area contributed by atoms with E-state index in [0.29, 0.717) is 0 Å². The van der Waals surface area contributed by atoms with E-state index in [2.05, 4.69) is 10.6 Å². The van der Waals surface area contributed by atoms with Crippen molar-refractivity contribution in [2.45, 2.75) is 45.6 Å². The number of carbonyl (C=O) groups is 1. The van der Waals surface area contributed by atoms with E-state index in [1.807, 2.05) is 51.1 Å². The number of hydrogen-bond donors (Lipinski definition) is 2. The summed E-state index contributed by atoms with van der Waals surface area (Å²) in [5.41, 5.74) is 0.278. The van der Waals surface area contributed by atoms with Crippen LogP contribution in [0.4, 0.5) is 10.5 Å². The fraction of sp³-hybridized carbons (Fsp3) is 0.562. The molecule has 0 spiro atoms. The van der Waals surface area contributed by atoms with Gasteiger partial charge in [0, 0.05) is 5.69 Å². The molecule has 1 aromatic carbocycles. The maximum atomic E-state index is 11.3. The van der Waals surface area contributed by atoms with Crippen molar-refractivity contribution in [1.82, 2.24) is 5.32 Å². The van der Waals surface area contributed by atoms with Gasteiger partial charge in [0.25, 0.3) is 0 Å². The van der Waals surface area contributed by atoms with Crippen LogP contribution in [0.5, 0.6) is 0 Å². The van der Waals surface area contributed by atoms with Gasteiger partial charge in [0.05, 0.1) is 0 Å². The SMILES string of the molecule is C1CCNCC1.CC(C)(C)OC(=O)Nc1ccccc1. The van der Waals surface area contributed by atoms with Crippen molar-refractivity contribution >= 4 is 11.8 Å². The fourth-order valence-electron chi connectivity index (χ4n) is 1.74. The van der Waals surface area contributed by atoms with E-state index in [1.165, 1.54) is 32.4 Å². The van der Waals surface area contributed by atoms with Gasteiger partial charge in [0.2, 0.25) is 0 Å². The normalized spacial score (nSPS) is 14.8. The van der Waals surface area contributed by atoms with Crippen molar-refractivity contribution in [2.24, 2.45) is 0 Å². The van der Waals surface area contributed by atoms with Crippen LogP contribution >= 0.6 is 0 Å². The van der Waals surface area contributed by atoms with Gasteiger partial charge in [-0.05, 0) is 58.8 Å². The van der Waals surface area contributed by atoms with Gasteiger partial charge in [-0.2, -0.15) is 0 Å². The summed E-state index contributed by atoms with van der Waals surface area (Å²) in [5.74, 6) is 0. The molecule has 4 heteroatoms. The molecular formula is C16H26N2O2. The monoisotopic (exact) mass is 278 g/mol. The number of piperidine rings is 1. The second-order valence-electron chi connectivity index (χ2n) is 5.80. The minimum atomic E-state index is -0.459. The van der Waals surface area contributed by atoms with Crippen LogP contribution in [0, 0.1) is 0 Å². The highest BCUT2D eigenvalue weighted by molar-refractivity contribution is 5.84. The quantitative estimate of drug-likeness (QED) is 0.821. The Balaban J connectivity index is 0.000000276. The van der Waals surface area contributed by atoms with Crippen LogP contribution in [0.3, 0.4) is 0 Å². The Morgan fingerprint density at radius 2 is 1.70 bits per heavy atom. The number of ether oxygens (including phenoxy) is 1. The van der Waals surface area contributed by atoms with E-state index in [1.54, 1.807) is 0 Å². The number of amides is 1. The molecule has 1 aliphatic rings. The molecule has 1 fully saturated rings. The van der Waals surface area contributed by atoms with Crippen molar-refractivity contribution in [3.05, 3.63) is 30.3 Å². The molecule has 2 N–H and O–H groups in total. The number of rotatable bonds is 1. The van der Waals surface area contributed by atoms with Crippen LogP contribution in [-0.2, 0) is 4.74 Å². The second-order valence-corrected chi connectivity index (χ2v) is 5.80. The molecule has 0 unspecified atom stereocenters. The molecule has 2 rings (SSSR count). The zero-order valence-corrected chi connectivity index (χ0v) is 12.7. The summed E-state index contributed by atoms with van der Waals surface area (Å²) in [4.78, 5) is 11.3. The Labute approximate surface area is 121 Å². The Bertz CT molecular complexity index is 370. The molecule has 20 heavy (non-hydrogen) atoms. The van der Waals surface area contributed by atoms with Gasteiger partial charge in [0.1, 0.15) is 5.60 Å². The lowest BCUT2D eigenvalue weighted by atomic mass is 10.2. The minimum Gasteiger partial charge on any atom is -0.444 e. The molecule has 0 aliphatic carbocycles. The summed E-state index contributed by atoms with van der Waals surface area (Å²) < 4.78 is 5.09. The molecule has 1 heterocycles. The van der Waals surface area contributed by atoms with E-state index in [4.69, 9.17) is 4.74 Å². The summed E-state index contributed by atoms with van der Waals surface area (Å²) in [6.45, 7) is 7.99. The third kappa shape index (κ3) is 8.53. The Morgan fingerprint density at radius 1 is 1.10 bits per heavy atom. The standard InChI is InChI=1S/C11H15NO2.C5H11N/c1-11(2,3)14-10(13)12-9-7-5-4-6-8-9;1-2-4-6-5-3-1/h4-8H,1-3H3,(H,12,13);6H,1-5H2. The molecule has 0 saturated carbocycles. The Morgan fingerprint density at radius 3 is 2.10 bits per heavy atom. The molecule has 0 atom stereocenters. The largest absolute Gasteiger partial charge is 0.444 e. The number of anilines is 1. The highest BCUT2D eigenvalue weighted by Gasteiger charge is 2.15. The predicted molar refractivity (Wildman–Crippen MR) is 83.0 cm³/mol. The maximum absolute atomic E-state index is 11.3. The zero-order valence-electron chi connectivity index (χ0n) is 12.7. The van der Waals surface area contributed by atoms with Crippen molar-refractivity contribution < 1.29 is 9.53 Å². The third-order valence-corrected chi connectivity index (χ3v) is 2.63. The number of nitrogens with one attached hydrogen (secondary N) is 2. The highest BCUT2D eigenvalue weighted by atomic mass is 16.6. The average molecular weight is 278 g/mol. The van der Waals surface area contributed by atoms with Gasteiger partial charge in [-0.25, -0.2) is 4.79 Å². The number of para-hydroxylation sites is 1. The van der Waals surface area contributed by atoms with E-state index >= 15 is 0 Å². The van der Waals surface area contributed by atoms with Gasteiger partial charge < -0.3 is 10.1 Å². The molecular weight excluding hydrogens is 252 g/mol. The second kappa shape index (κ2) is 8.59. The summed E-state index contributed by atoms with van der Waals surface area (Å²) in [7, 11) is 0. The van der Waals surface area contributed by atoms with Gasteiger partial charge >= 0.3 is 6.09 Å². The summed E-state index contributed by atoms with van der Waals surface area (Å²) in [6, 6.07) is 9.22. The van der Waals surface area contributed by atoms with Crippen LogP contribution in [0.2, 0.25) is 0 Å². The van der Waals surface area contributed by atoms with Crippen molar-refractivity contribution in [3.63, 3.8) is 0 Å². The molecule has 1 saturated heterocycles. The lowest BCUT2D eigenvalue weighted by Crippen LogP contribution is -2.27. The topological polar surface area (TPSA) is 50.4 Å². The van der Waals surface area contributed by atoms with E-state index in [0.717, 1.165) is 5.69 Å². The molecule has 0 aromatic heterocycles. The highest BCUT2D eigenvalue weighted by Crippen LogP contribution is 2.10. The first-order valence-electron chi connectivity index (χ1n) is 7.23. The predicted octanol–water partition coefficient (Wildman–Crippen LogP) is 3.79. The lowest BCUT2D eigenvalue weighted by molar-refractivity contribution is 0.0636. The van der Waals surface area contributed by atoms with Crippen LogP contribution in [0.25, 0.3) is 0 Å². The first-order chi connectivity index (χ1) is 9.47. The van der Waals surface area contributed by atoms with Gasteiger partial charge in [0.15, 0.2) is 0 Å². The van der Waals surface area contributed by atoms with Gasteiger partial charge in [-0.1, -0.05) is 24.6 Å². The van der Waals surface area contributed by atoms with Crippen LogP contribution < -0.4 is 10.6 Å². The van der Waals surface area contributed by atoms with Gasteiger partial charge in [-0.15, -0.1) is 0 Å². The molecule has 1 amide bonds. The first-order valence-corrected chi connectivity index (χ1v) is 7.23.